The Bertz CT molecular complexity index is 384. The molecule has 0 saturated carbocycles. The van der Waals surface area contributed by atoms with Crippen molar-refractivity contribution in [3.05, 3.63) is 28.5 Å². The van der Waals surface area contributed by atoms with E-state index in [0.717, 1.165) is 15.9 Å². The van der Waals surface area contributed by atoms with Gasteiger partial charge in [-0.3, -0.25) is 9.48 Å². The van der Waals surface area contributed by atoms with Crippen LogP contribution in [0.3, 0.4) is 0 Å². The first-order valence-electron chi connectivity index (χ1n) is 4.60. The zero-order chi connectivity index (χ0) is 11.4. The van der Waals surface area contributed by atoms with Gasteiger partial charge >= 0.3 is 0 Å². The SMILES string of the molecule is C=C(Br)CNC(=O)Cn1nc(C)cc1C. The van der Waals surface area contributed by atoms with Crippen LogP contribution in [0.5, 0.6) is 0 Å². The number of hydrogen-bond donors (Lipinski definition) is 1. The summed E-state index contributed by atoms with van der Waals surface area (Å²) in [5.74, 6) is -0.0678. The predicted molar refractivity (Wildman–Crippen MR) is 62.8 cm³/mol. The van der Waals surface area contributed by atoms with E-state index in [4.69, 9.17) is 0 Å². The first-order chi connectivity index (χ1) is 6.99. The van der Waals surface area contributed by atoms with Crippen molar-refractivity contribution in [3.63, 3.8) is 0 Å². The van der Waals surface area contributed by atoms with E-state index < -0.39 is 0 Å². The third kappa shape index (κ3) is 3.87. The summed E-state index contributed by atoms with van der Waals surface area (Å²) in [6.07, 6.45) is 0. The number of aromatic nitrogens is 2. The molecule has 4 nitrogen and oxygen atoms in total. The van der Waals surface area contributed by atoms with Gasteiger partial charge < -0.3 is 5.32 Å². The van der Waals surface area contributed by atoms with Crippen LogP contribution in [0.4, 0.5) is 0 Å². The van der Waals surface area contributed by atoms with E-state index >= 15 is 0 Å². The van der Waals surface area contributed by atoms with Gasteiger partial charge in [0.2, 0.25) is 5.91 Å². The molecule has 0 atom stereocenters. The first kappa shape index (κ1) is 12.0. The minimum atomic E-state index is -0.0678. The highest BCUT2D eigenvalue weighted by molar-refractivity contribution is 9.11. The number of aryl methyl sites for hydroxylation is 2. The van der Waals surface area contributed by atoms with Gasteiger partial charge in [0.15, 0.2) is 0 Å². The fourth-order valence-electron chi connectivity index (χ4n) is 1.22. The van der Waals surface area contributed by atoms with Crippen LogP contribution in [-0.4, -0.2) is 22.2 Å². The highest BCUT2D eigenvalue weighted by Gasteiger charge is 2.06. The van der Waals surface area contributed by atoms with Gasteiger partial charge in [-0.2, -0.15) is 5.10 Å². The number of carbonyl (C=O) groups excluding carboxylic acids is 1. The van der Waals surface area contributed by atoms with Crippen LogP contribution in [0, 0.1) is 13.8 Å². The number of amides is 1. The normalized spacial score (nSPS) is 10.1. The second-order valence-corrected chi connectivity index (χ2v) is 4.50. The molecule has 0 spiro atoms. The topological polar surface area (TPSA) is 46.9 Å². The van der Waals surface area contributed by atoms with Gasteiger partial charge in [-0.15, -0.1) is 0 Å². The summed E-state index contributed by atoms with van der Waals surface area (Å²) in [6.45, 7) is 8.16. The molecule has 1 amide bonds. The molecule has 0 fully saturated rings. The number of carbonyl (C=O) groups is 1. The third-order valence-corrected chi connectivity index (χ3v) is 2.15. The second-order valence-electron chi connectivity index (χ2n) is 3.38. The maximum atomic E-state index is 11.4. The molecule has 15 heavy (non-hydrogen) atoms. The van der Waals surface area contributed by atoms with Crippen LogP contribution in [0.25, 0.3) is 0 Å². The molecule has 0 saturated heterocycles. The molecule has 0 bridgehead atoms. The Morgan fingerprint density at radius 1 is 1.67 bits per heavy atom. The third-order valence-electron chi connectivity index (χ3n) is 1.87. The molecule has 82 valence electrons. The quantitative estimate of drug-likeness (QED) is 0.903. The number of rotatable bonds is 4. The van der Waals surface area contributed by atoms with E-state index in [1.54, 1.807) is 4.68 Å². The summed E-state index contributed by atoms with van der Waals surface area (Å²) in [5.41, 5.74) is 1.91. The van der Waals surface area contributed by atoms with Crippen LogP contribution in [0.2, 0.25) is 0 Å². The number of halogens is 1. The molecular formula is C10H14BrN3O. The number of nitrogens with one attached hydrogen (secondary N) is 1. The Morgan fingerprint density at radius 3 is 2.80 bits per heavy atom. The van der Waals surface area contributed by atoms with Crippen molar-refractivity contribution in [1.82, 2.24) is 15.1 Å². The summed E-state index contributed by atoms with van der Waals surface area (Å²) in [7, 11) is 0. The lowest BCUT2D eigenvalue weighted by Crippen LogP contribution is -2.29. The van der Waals surface area contributed by atoms with E-state index in [-0.39, 0.29) is 12.5 Å². The fraction of sp³-hybridized carbons (Fsp3) is 0.400. The van der Waals surface area contributed by atoms with E-state index in [1.807, 2.05) is 19.9 Å². The number of nitrogens with zero attached hydrogens (tertiary/aromatic N) is 2. The Morgan fingerprint density at radius 2 is 2.33 bits per heavy atom. The maximum absolute atomic E-state index is 11.4. The summed E-state index contributed by atoms with van der Waals surface area (Å²) in [4.78, 5) is 11.4. The Labute approximate surface area is 97.5 Å². The smallest absolute Gasteiger partial charge is 0.242 e. The summed E-state index contributed by atoms with van der Waals surface area (Å²) in [6, 6.07) is 1.94. The summed E-state index contributed by atoms with van der Waals surface area (Å²) < 4.78 is 2.44. The van der Waals surface area contributed by atoms with Gasteiger partial charge in [0, 0.05) is 16.7 Å². The van der Waals surface area contributed by atoms with Gasteiger partial charge in [-0.25, -0.2) is 0 Å². The molecular weight excluding hydrogens is 258 g/mol. The lowest BCUT2D eigenvalue weighted by Gasteiger charge is -2.05. The molecule has 5 heteroatoms. The second kappa shape index (κ2) is 5.11. The summed E-state index contributed by atoms with van der Waals surface area (Å²) in [5, 5.41) is 6.92. The summed E-state index contributed by atoms with van der Waals surface area (Å²) >= 11 is 3.18. The average molecular weight is 272 g/mol. The highest BCUT2D eigenvalue weighted by atomic mass is 79.9. The molecule has 0 unspecified atom stereocenters. The molecule has 0 aliphatic rings. The molecule has 0 aromatic carbocycles. The van der Waals surface area contributed by atoms with Crippen LogP contribution in [0.15, 0.2) is 17.1 Å². The van der Waals surface area contributed by atoms with Gasteiger partial charge in [0.05, 0.1) is 5.69 Å². The van der Waals surface area contributed by atoms with E-state index in [9.17, 15) is 4.79 Å². The van der Waals surface area contributed by atoms with Gasteiger partial charge in [-0.05, 0) is 19.9 Å². The fourth-order valence-corrected chi connectivity index (χ4v) is 1.36. The van der Waals surface area contributed by atoms with Gasteiger partial charge in [-0.1, -0.05) is 22.5 Å². The predicted octanol–water partition coefficient (Wildman–Crippen LogP) is 1.52. The zero-order valence-corrected chi connectivity index (χ0v) is 10.5. The van der Waals surface area contributed by atoms with E-state index in [2.05, 4.69) is 32.9 Å². The minimum absolute atomic E-state index is 0.0678. The van der Waals surface area contributed by atoms with Crippen LogP contribution in [-0.2, 0) is 11.3 Å². The standard InChI is InChI=1S/C10H14BrN3O/c1-7(11)5-12-10(15)6-14-9(3)4-8(2)13-14/h4H,1,5-6H2,2-3H3,(H,12,15). The van der Waals surface area contributed by atoms with E-state index in [0.29, 0.717) is 6.54 Å². The molecule has 0 aliphatic heterocycles. The monoisotopic (exact) mass is 271 g/mol. The van der Waals surface area contributed by atoms with Crippen molar-refractivity contribution in [2.45, 2.75) is 20.4 Å². The van der Waals surface area contributed by atoms with Crippen LogP contribution >= 0.6 is 15.9 Å². The first-order valence-corrected chi connectivity index (χ1v) is 5.39. The largest absolute Gasteiger partial charge is 0.350 e. The van der Waals surface area contributed by atoms with Crippen molar-refractivity contribution >= 4 is 21.8 Å². The lowest BCUT2D eigenvalue weighted by atomic mass is 10.4. The number of hydrogen-bond acceptors (Lipinski definition) is 2. The van der Waals surface area contributed by atoms with Crippen molar-refractivity contribution < 1.29 is 4.79 Å². The van der Waals surface area contributed by atoms with Gasteiger partial charge in [0.25, 0.3) is 0 Å². The van der Waals surface area contributed by atoms with Crippen molar-refractivity contribution in [1.29, 1.82) is 0 Å². The zero-order valence-electron chi connectivity index (χ0n) is 8.88. The Balaban J connectivity index is 2.51. The van der Waals surface area contributed by atoms with Crippen LogP contribution in [0.1, 0.15) is 11.4 Å². The molecule has 1 aromatic rings. The van der Waals surface area contributed by atoms with Crippen LogP contribution < -0.4 is 5.32 Å². The van der Waals surface area contributed by atoms with Crippen molar-refractivity contribution in [3.8, 4) is 0 Å². The molecule has 0 aliphatic carbocycles. The average Bonchev–Trinajstić information content (AvgIpc) is 2.42. The van der Waals surface area contributed by atoms with E-state index in [1.165, 1.54) is 0 Å². The molecule has 1 aromatic heterocycles. The molecule has 0 radical (unpaired) electrons. The Kier molecular flexibility index (Phi) is 4.08. The van der Waals surface area contributed by atoms with Crippen molar-refractivity contribution in [2.75, 3.05) is 6.54 Å². The van der Waals surface area contributed by atoms with Crippen molar-refractivity contribution in [2.24, 2.45) is 0 Å². The maximum Gasteiger partial charge on any atom is 0.242 e. The Hall–Kier alpha value is -1.10. The molecule has 1 rings (SSSR count). The highest BCUT2D eigenvalue weighted by Crippen LogP contribution is 2.01. The lowest BCUT2D eigenvalue weighted by molar-refractivity contribution is -0.121. The van der Waals surface area contributed by atoms with Gasteiger partial charge in [0.1, 0.15) is 6.54 Å². The molecule has 1 N–H and O–H groups in total. The minimum Gasteiger partial charge on any atom is -0.350 e. The molecule has 1 heterocycles.